The molecule has 90 valence electrons. The smallest absolute Gasteiger partial charge is 0.186 e. The highest BCUT2D eigenvalue weighted by Gasteiger charge is 2.13. The summed E-state index contributed by atoms with van der Waals surface area (Å²) in [6.07, 6.45) is 4.78. The fourth-order valence-electron chi connectivity index (χ4n) is 1.53. The van der Waals surface area contributed by atoms with Crippen LogP contribution in [-0.4, -0.2) is 16.7 Å². The SMILES string of the molecule is O=C1C=CC(=O)C(C=C(O)c2ccccc2Cl)=C1. The van der Waals surface area contributed by atoms with E-state index in [2.05, 4.69) is 0 Å². The van der Waals surface area contributed by atoms with Gasteiger partial charge >= 0.3 is 0 Å². The number of ketones is 2. The van der Waals surface area contributed by atoms with Crippen LogP contribution >= 0.6 is 11.6 Å². The van der Waals surface area contributed by atoms with Gasteiger partial charge < -0.3 is 5.11 Å². The summed E-state index contributed by atoms with van der Waals surface area (Å²) >= 11 is 5.92. The molecule has 0 bridgehead atoms. The predicted molar refractivity (Wildman–Crippen MR) is 69.3 cm³/mol. The van der Waals surface area contributed by atoms with Crippen molar-refractivity contribution in [3.8, 4) is 0 Å². The lowest BCUT2D eigenvalue weighted by molar-refractivity contribution is -0.114. The Kier molecular flexibility index (Phi) is 3.44. The minimum atomic E-state index is -0.326. The van der Waals surface area contributed by atoms with Gasteiger partial charge in [-0.3, -0.25) is 9.59 Å². The van der Waals surface area contributed by atoms with E-state index in [1.54, 1.807) is 24.3 Å². The van der Waals surface area contributed by atoms with Crippen molar-refractivity contribution in [1.82, 2.24) is 0 Å². The molecular formula is C14H9ClO3. The van der Waals surface area contributed by atoms with Gasteiger partial charge in [-0.2, -0.15) is 0 Å². The first kappa shape index (κ1) is 12.3. The zero-order valence-electron chi connectivity index (χ0n) is 9.26. The summed E-state index contributed by atoms with van der Waals surface area (Å²) in [5, 5.41) is 10.3. The summed E-state index contributed by atoms with van der Waals surface area (Å²) in [5.74, 6) is -0.760. The van der Waals surface area contributed by atoms with Crippen LogP contribution in [0, 0.1) is 0 Å². The highest BCUT2D eigenvalue weighted by molar-refractivity contribution is 6.32. The van der Waals surface area contributed by atoms with Crippen LogP contribution in [0.2, 0.25) is 5.02 Å². The van der Waals surface area contributed by atoms with Gasteiger partial charge in [0.25, 0.3) is 0 Å². The minimum absolute atomic E-state index is 0.139. The van der Waals surface area contributed by atoms with Gasteiger partial charge in [0.15, 0.2) is 11.6 Å². The lowest BCUT2D eigenvalue weighted by atomic mass is 10.0. The number of hydrogen-bond donors (Lipinski definition) is 1. The second-order valence-corrected chi connectivity index (χ2v) is 4.12. The Morgan fingerprint density at radius 1 is 1.17 bits per heavy atom. The van der Waals surface area contributed by atoms with Gasteiger partial charge in [-0.15, -0.1) is 0 Å². The number of allylic oxidation sites excluding steroid dienone is 5. The standard InChI is InChI=1S/C14H9ClO3/c15-12-4-2-1-3-11(12)14(18)8-9-7-10(16)5-6-13(9)17/h1-8,18H. The van der Waals surface area contributed by atoms with Crippen LogP contribution in [0.15, 0.2) is 54.1 Å². The summed E-state index contributed by atoms with van der Waals surface area (Å²) in [5.41, 5.74) is 0.551. The molecule has 0 unspecified atom stereocenters. The summed E-state index contributed by atoms with van der Waals surface area (Å²) in [7, 11) is 0. The van der Waals surface area contributed by atoms with E-state index in [9.17, 15) is 14.7 Å². The quantitative estimate of drug-likeness (QED) is 0.657. The maximum absolute atomic E-state index is 11.5. The van der Waals surface area contributed by atoms with Crippen LogP contribution in [0.1, 0.15) is 5.56 Å². The largest absolute Gasteiger partial charge is 0.507 e. The first-order valence-electron chi connectivity index (χ1n) is 5.21. The van der Waals surface area contributed by atoms with Crippen molar-refractivity contribution in [3.05, 3.63) is 64.7 Å². The Bertz CT molecular complexity index is 609. The van der Waals surface area contributed by atoms with Gasteiger partial charge in [-0.05, 0) is 36.4 Å². The van der Waals surface area contributed by atoms with Crippen molar-refractivity contribution in [2.24, 2.45) is 0 Å². The number of aliphatic hydroxyl groups excluding tert-OH is 1. The van der Waals surface area contributed by atoms with E-state index in [0.717, 1.165) is 0 Å². The Hall–Kier alpha value is -2.13. The molecule has 0 heterocycles. The van der Waals surface area contributed by atoms with Crippen LogP contribution < -0.4 is 0 Å². The van der Waals surface area contributed by atoms with Crippen LogP contribution in [0.3, 0.4) is 0 Å². The normalized spacial score (nSPS) is 15.8. The molecule has 0 saturated heterocycles. The molecular weight excluding hydrogens is 252 g/mol. The van der Waals surface area contributed by atoms with Crippen molar-refractivity contribution < 1.29 is 14.7 Å². The number of halogens is 1. The van der Waals surface area contributed by atoms with Crippen molar-refractivity contribution >= 4 is 28.9 Å². The molecule has 18 heavy (non-hydrogen) atoms. The third-order valence-electron chi connectivity index (χ3n) is 2.42. The number of benzene rings is 1. The molecule has 0 radical (unpaired) electrons. The van der Waals surface area contributed by atoms with Crippen molar-refractivity contribution in [2.75, 3.05) is 0 Å². The number of hydrogen-bond acceptors (Lipinski definition) is 3. The van der Waals surface area contributed by atoms with Crippen molar-refractivity contribution in [3.63, 3.8) is 0 Å². The summed E-state index contributed by atoms with van der Waals surface area (Å²) in [6.45, 7) is 0. The second kappa shape index (κ2) is 5.02. The Labute approximate surface area is 109 Å². The number of aliphatic hydroxyl groups is 1. The Morgan fingerprint density at radius 3 is 2.61 bits per heavy atom. The summed E-state index contributed by atoms with van der Waals surface area (Å²) < 4.78 is 0. The van der Waals surface area contributed by atoms with E-state index in [1.807, 2.05) is 0 Å². The highest BCUT2D eigenvalue weighted by Crippen LogP contribution is 2.23. The van der Waals surface area contributed by atoms with Gasteiger partial charge in [-0.1, -0.05) is 23.7 Å². The molecule has 0 fully saturated rings. The summed E-state index contributed by atoms with van der Waals surface area (Å²) in [4.78, 5) is 22.6. The minimum Gasteiger partial charge on any atom is -0.507 e. The number of carbonyl (C=O) groups is 2. The molecule has 0 spiro atoms. The van der Waals surface area contributed by atoms with E-state index in [-0.39, 0.29) is 22.9 Å². The van der Waals surface area contributed by atoms with Gasteiger partial charge in [0.2, 0.25) is 0 Å². The molecule has 1 aromatic carbocycles. The molecule has 2 rings (SSSR count). The van der Waals surface area contributed by atoms with Crippen molar-refractivity contribution in [1.29, 1.82) is 0 Å². The molecule has 4 heteroatoms. The molecule has 1 aliphatic carbocycles. The molecule has 0 amide bonds. The zero-order chi connectivity index (χ0) is 13.1. The van der Waals surface area contributed by atoms with Crippen molar-refractivity contribution in [2.45, 2.75) is 0 Å². The van der Waals surface area contributed by atoms with Gasteiger partial charge in [-0.25, -0.2) is 0 Å². The fourth-order valence-corrected chi connectivity index (χ4v) is 1.77. The van der Waals surface area contributed by atoms with Crippen LogP contribution in [-0.2, 0) is 9.59 Å². The predicted octanol–water partition coefficient (Wildman–Crippen LogP) is 2.87. The lowest BCUT2D eigenvalue weighted by Gasteiger charge is -2.05. The average Bonchev–Trinajstić information content (AvgIpc) is 2.34. The van der Waals surface area contributed by atoms with E-state index < -0.39 is 0 Å². The fraction of sp³-hybridized carbons (Fsp3) is 0. The maximum atomic E-state index is 11.5. The second-order valence-electron chi connectivity index (χ2n) is 3.71. The third-order valence-corrected chi connectivity index (χ3v) is 2.75. The van der Waals surface area contributed by atoms with Gasteiger partial charge in [0.1, 0.15) is 5.76 Å². The molecule has 1 aromatic rings. The highest BCUT2D eigenvalue weighted by atomic mass is 35.5. The molecule has 0 aliphatic heterocycles. The monoisotopic (exact) mass is 260 g/mol. The van der Waals surface area contributed by atoms with E-state index in [0.29, 0.717) is 10.6 Å². The average molecular weight is 261 g/mol. The first-order valence-corrected chi connectivity index (χ1v) is 5.59. The van der Waals surface area contributed by atoms with E-state index >= 15 is 0 Å². The first-order chi connectivity index (χ1) is 8.58. The molecule has 0 atom stereocenters. The zero-order valence-corrected chi connectivity index (χ0v) is 10.0. The number of carbonyl (C=O) groups excluding carboxylic acids is 2. The number of rotatable bonds is 2. The lowest BCUT2D eigenvalue weighted by Crippen LogP contribution is -2.06. The topological polar surface area (TPSA) is 54.4 Å². The van der Waals surface area contributed by atoms with Gasteiger partial charge in [0, 0.05) is 11.1 Å². The Balaban J connectivity index is 2.37. The molecule has 0 saturated carbocycles. The molecule has 1 aliphatic rings. The molecule has 3 nitrogen and oxygen atoms in total. The summed E-state index contributed by atoms with van der Waals surface area (Å²) in [6, 6.07) is 6.70. The molecule has 0 aromatic heterocycles. The Morgan fingerprint density at radius 2 is 1.89 bits per heavy atom. The van der Waals surface area contributed by atoms with Crippen LogP contribution in [0.25, 0.3) is 5.76 Å². The van der Waals surface area contributed by atoms with Gasteiger partial charge in [0.05, 0.1) is 5.02 Å². The molecule has 1 N–H and O–H groups in total. The van der Waals surface area contributed by atoms with E-state index in [1.165, 1.54) is 24.3 Å². The third kappa shape index (κ3) is 2.57. The maximum Gasteiger partial charge on any atom is 0.186 e. The van der Waals surface area contributed by atoms with E-state index in [4.69, 9.17) is 11.6 Å². The van der Waals surface area contributed by atoms with Crippen LogP contribution in [0.4, 0.5) is 0 Å². The van der Waals surface area contributed by atoms with Crippen LogP contribution in [0.5, 0.6) is 0 Å².